The molecule has 0 atom stereocenters. The number of pyridine rings is 1. The molecule has 5 rings (SSSR count). The van der Waals surface area contributed by atoms with Gasteiger partial charge in [0.05, 0.1) is 22.3 Å². The Bertz CT molecular complexity index is 1350. The number of aromatic nitrogens is 1. The molecule has 0 unspecified atom stereocenters. The molecule has 0 radical (unpaired) electrons. The third-order valence-corrected chi connectivity index (χ3v) is 6.88. The molecule has 0 saturated carbocycles. The number of nitrogens with zero attached hydrogens (tertiary/aromatic N) is 2. The average molecular weight is 443 g/mol. The van der Waals surface area contributed by atoms with Crippen LogP contribution in [0.2, 0.25) is 0 Å². The number of fused-ring (bicyclic) bond motifs is 2. The predicted octanol–water partition coefficient (Wildman–Crippen LogP) is 4.30. The van der Waals surface area contributed by atoms with Crippen molar-refractivity contribution in [2.45, 2.75) is 13.0 Å². The predicted molar refractivity (Wildman–Crippen MR) is 128 cm³/mol. The van der Waals surface area contributed by atoms with Gasteiger partial charge in [0.15, 0.2) is 0 Å². The number of carbonyl (C=O) groups excluding carboxylic acids is 2. The van der Waals surface area contributed by atoms with Crippen molar-refractivity contribution in [1.29, 1.82) is 0 Å². The minimum atomic E-state index is -0.507. The summed E-state index contributed by atoms with van der Waals surface area (Å²) in [4.78, 5) is 33.7. The van der Waals surface area contributed by atoms with Crippen LogP contribution in [0.15, 0.2) is 60.7 Å². The molecular weight excluding hydrogens is 420 g/mol. The molecule has 0 fully saturated rings. The van der Waals surface area contributed by atoms with Crippen molar-refractivity contribution in [3.8, 4) is 11.3 Å². The lowest BCUT2D eigenvalue weighted by atomic mass is 10.0. The molecule has 3 N–H and O–H groups in total. The van der Waals surface area contributed by atoms with Gasteiger partial charge in [0, 0.05) is 28.9 Å². The second kappa shape index (κ2) is 8.18. The lowest BCUT2D eigenvalue weighted by Crippen LogP contribution is -2.27. The summed E-state index contributed by atoms with van der Waals surface area (Å²) in [7, 11) is 2.04. The number of carbonyl (C=O) groups is 2. The Labute approximate surface area is 189 Å². The lowest BCUT2D eigenvalue weighted by molar-refractivity contribution is 0.1000. The van der Waals surface area contributed by atoms with Crippen molar-refractivity contribution in [2.24, 2.45) is 5.73 Å². The van der Waals surface area contributed by atoms with Gasteiger partial charge in [-0.2, -0.15) is 0 Å². The molecule has 1 aliphatic rings. The normalized spacial score (nSPS) is 13.7. The number of nitrogens with one attached hydrogen (secondary N) is 1. The zero-order valence-corrected chi connectivity index (χ0v) is 18.4. The smallest absolute Gasteiger partial charge is 0.257 e. The number of para-hydroxylation sites is 1. The fourth-order valence-corrected chi connectivity index (χ4v) is 5.50. The second-order valence-corrected chi connectivity index (χ2v) is 9.06. The van der Waals surface area contributed by atoms with Gasteiger partial charge in [-0.05, 0) is 31.2 Å². The summed E-state index contributed by atoms with van der Waals surface area (Å²) in [6.07, 6.45) is 0.743. The van der Waals surface area contributed by atoms with E-state index in [4.69, 9.17) is 10.7 Å². The van der Waals surface area contributed by atoms with E-state index in [1.54, 1.807) is 6.07 Å². The van der Waals surface area contributed by atoms with Gasteiger partial charge in [0.2, 0.25) is 0 Å². The number of likely N-dealkylation sites (N-methyl/N-ethyl adjacent to an activating group) is 1. The van der Waals surface area contributed by atoms with Crippen LogP contribution in [0, 0.1) is 0 Å². The molecule has 6 nitrogen and oxygen atoms in total. The van der Waals surface area contributed by atoms with Crippen molar-refractivity contribution in [1.82, 2.24) is 9.88 Å². The number of thiophene rings is 1. The van der Waals surface area contributed by atoms with E-state index in [-0.39, 0.29) is 5.91 Å². The molecule has 32 heavy (non-hydrogen) atoms. The van der Waals surface area contributed by atoms with Crippen LogP contribution in [0.25, 0.3) is 22.2 Å². The minimum absolute atomic E-state index is 0.282. The summed E-state index contributed by atoms with van der Waals surface area (Å²) in [5, 5.41) is 4.26. The molecule has 0 spiro atoms. The van der Waals surface area contributed by atoms with Gasteiger partial charge in [0.1, 0.15) is 5.00 Å². The van der Waals surface area contributed by atoms with Crippen LogP contribution >= 0.6 is 11.3 Å². The molecule has 2 amide bonds. The third-order valence-electron chi connectivity index (χ3n) is 5.75. The summed E-state index contributed by atoms with van der Waals surface area (Å²) in [5.41, 5.74) is 10.0. The first-order valence-electron chi connectivity index (χ1n) is 10.4. The Balaban J connectivity index is 1.58. The quantitative estimate of drug-likeness (QED) is 0.493. The first-order chi connectivity index (χ1) is 15.5. The van der Waals surface area contributed by atoms with Crippen LogP contribution in [0.3, 0.4) is 0 Å². The van der Waals surface area contributed by atoms with Gasteiger partial charge in [-0.25, -0.2) is 4.98 Å². The number of rotatable bonds is 4. The largest absolute Gasteiger partial charge is 0.365 e. The highest BCUT2D eigenvalue weighted by Gasteiger charge is 2.27. The molecule has 2 aromatic carbocycles. The van der Waals surface area contributed by atoms with Crippen LogP contribution in [0.1, 0.15) is 31.2 Å². The van der Waals surface area contributed by atoms with E-state index in [9.17, 15) is 9.59 Å². The van der Waals surface area contributed by atoms with Crippen molar-refractivity contribution in [3.63, 3.8) is 0 Å². The summed E-state index contributed by atoms with van der Waals surface area (Å²) < 4.78 is 0. The Morgan fingerprint density at radius 3 is 2.62 bits per heavy atom. The zero-order valence-electron chi connectivity index (χ0n) is 17.6. The van der Waals surface area contributed by atoms with E-state index >= 15 is 0 Å². The van der Waals surface area contributed by atoms with Gasteiger partial charge >= 0.3 is 0 Å². The van der Waals surface area contributed by atoms with E-state index in [0.29, 0.717) is 16.1 Å². The number of benzene rings is 2. The van der Waals surface area contributed by atoms with Crippen LogP contribution in [-0.4, -0.2) is 35.3 Å². The SMILES string of the molecule is CN1CCc2c(sc(NC(=O)c3cc(-c4ccccc4)nc4ccccc34)c2C(N)=O)C1. The van der Waals surface area contributed by atoms with Crippen LogP contribution in [0.5, 0.6) is 0 Å². The first-order valence-corrected chi connectivity index (χ1v) is 11.2. The van der Waals surface area contributed by atoms with E-state index in [1.165, 1.54) is 11.3 Å². The van der Waals surface area contributed by atoms with Gasteiger partial charge in [0.25, 0.3) is 11.8 Å². The maximum absolute atomic E-state index is 13.5. The molecule has 1 aliphatic heterocycles. The van der Waals surface area contributed by atoms with E-state index in [1.807, 2.05) is 61.6 Å². The summed E-state index contributed by atoms with van der Waals surface area (Å²) in [5.74, 6) is -0.790. The Morgan fingerprint density at radius 2 is 1.84 bits per heavy atom. The molecule has 3 heterocycles. The molecule has 7 heteroatoms. The Kier molecular flexibility index (Phi) is 5.20. The number of hydrogen-bond donors (Lipinski definition) is 2. The molecular formula is C25H22N4O2S. The standard InChI is InChI=1S/C25H22N4O2S/c1-29-12-11-17-21(14-29)32-25(22(17)23(26)30)28-24(31)18-13-20(15-7-3-2-4-8-15)27-19-10-6-5-9-16(18)19/h2-10,13H,11-12,14H2,1H3,(H2,26,30)(H,28,31). The van der Waals surface area contributed by atoms with Gasteiger partial charge < -0.3 is 16.0 Å². The average Bonchev–Trinajstić information content (AvgIpc) is 3.15. The lowest BCUT2D eigenvalue weighted by Gasteiger charge is -2.22. The highest BCUT2D eigenvalue weighted by molar-refractivity contribution is 7.17. The highest BCUT2D eigenvalue weighted by atomic mass is 32.1. The molecule has 0 bridgehead atoms. The minimum Gasteiger partial charge on any atom is -0.365 e. The topological polar surface area (TPSA) is 88.3 Å². The number of anilines is 1. The maximum atomic E-state index is 13.5. The third kappa shape index (κ3) is 3.66. The molecule has 160 valence electrons. The summed E-state index contributed by atoms with van der Waals surface area (Å²) >= 11 is 1.43. The maximum Gasteiger partial charge on any atom is 0.257 e. The van der Waals surface area contributed by atoms with Gasteiger partial charge in [-0.1, -0.05) is 48.5 Å². The Morgan fingerprint density at radius 1 is 1.09 bits per heavy atom. The first kappa shape index (κ1) is 20.4. The van der Waals surface area contributed by atoms with Crippen molar-refractivity contribution in [2.75, 3.05) is 18.9 Å². The number of amides is 2. The van der Waals surface area contributed by atoms with Crippen molar-refractivity contribution < 1.29 is 9.59 Å². The number of primary amides is 1. The number of hydrogen-bond acceptors (Lipinski definition) is 5. The number of nitrogens with two attached hydrogens (primary N) is 1. The van der Waals surface area contributed by atoms with Gasteiger partial charge in [-0.3, -0.25) is 9.59 Å². The van der Waals surface area contributed by atoms with E-state index in [0.717, 1.165) is 52.1 Å². The van der Waals surface area contributed by atoms with Crippen molar-refractivity contribution >= 4 is 39.1 Å². The summed E-state index contributed by atoms with van der Waals surface area (Å²) in [6.45, 7) is 1.60. The van der Waals surface area contributed by atoms with Crippen molar-refractivity contribution in [3.05, 3.63) is 82.2 Å². The highest BCUT2D eigenvalue weighted by Crippen LogP contribution is 2.37. The zero-order chi connectivity index (χ0) is 22.2. The molecule has 0 aliphatic carbocycles. The van der Waals surface area contributed by atoms with Gasteiger partial charge in [-0.15, -0.1) is 11.3 Å². The van der Waals surface area contributed by atoms with E-state index in [2.05, 4.69) is 10.2 Å². The fraction of sp³-hybridized carbons (Fsp3) is 0.160. The van der Waals surface area contributed by atoms with E-state index < -0.39 is 5.91 Å². The molecule has 4 aromatic rings. The molecule has 2 aromatic heterocycles. The molecule has 0 saturated heterocycles. The summed E-state index contributed by atoms with van der Waals surface area (Å²) in [6, 6.07) is 19.1. The van der Waals surface area contributed by atoms with Crippen LogP contribution in [0.4, 0.5) is 5.00 Å². The van der Waals surface area contributed by atoms with Crippen LogP contribution < -0.4 is 11.1 Å². The Hall–Kier alpha value is -3.55. The fourth-order valence-electron chi connectivity index (χ4n) is 4.17. The van der Waals surface area contributed by atoms with Crippen LogP contribution in [-0.2, 0) is 13.0 Å². The second-order valence-electron chi connectivity index (χ2n) is 7.95. The monoisotopic (exact) mass is 442 g/mol.